The maximum absolute atomic E-state index is 12.0. The Morgan fingerprint density at radius 3 is 2.14 bits per heavy atom. The maximum atomic E-state index is 12.0. The Bertz CT molecular complexity index is 524. The van der Waals surface area contributed by atoms with Gasteiger partial charge in [0.25, 0.3) is 0 Å². The summed E-state index contributed by atoms with van der Waals surface area (Å²) in [5.41, 5.74) is 0.297. The molecule has 3 nitrogen and oxygen atoms in total. The second-order valence-electron chi connectivity index (χ2n) is 7.01. The summed E-state index contributed by atoms with van der Waals surface area (Å²) in [5, 5.41) is 2.83. The van der Waals surface area contributed by atoms with Gasteiger partial charge in [-0.25, -0.2) is 4.79 Å². The summed E-state index contributed by atoms with van der Waals surface area (Å²) >= 11 is 0. The van der Waals surface area contributed by atoms with Crippen molar-refractivity contribution in [3.8, 4) is 11.8 Å². The van der Waals surface area contributed by atoms with E-state index in [1.54, 1.807) is 0 Å². The second-order valence-corrected chi connectivity index (χ2v) is 7.01. The van der Waals surface area contributed by atoms with E-state index in [1.165, 1.54) is 0 Å². The maximum Gasteiger partial charge on any atom is 0.408 e. The van der Waals surface area contributed by atoms with Gasteiger partial charge < -0.3 is 10.1 Å². The fourth-order valence-corrected chi connectivity index (χ4v) is 1.56. The van der Waals surface area contributed by atoms with Gasteiger partial charge in [0.1, 0.15) is 11.6 Å². The van der Waals surface area contributed by atoms with Crippen LogP contribution in [0.25, 0.3) is 0 Å². The summed E-state index contributed by atoms with van der Waals surface area (Å²) in [6.45, 7) is 11.6. The Hall–Kier alpha value is -1.95. The predicted octanol–water partition coefficient (Wildman–Crippen LogP) is 4.30. The summed E-state index contributed by atoms with van der Waals surface area (Å²) < 4.78 is 5.30. The van der Waals surface area contributed by atoms with Crippen molar-refractivity contribution in [2.75, 3.05) is 0 Å². The van der Waals surface area contributed by atoms with Crippen molar-refractivity contribution in [1.29, 1.82) is 0 Å². The molecule has 0 aliphatic carbocycles. The van der Waals surface area contributed by atoms with Crippen LogP contribution in [0.5, 0.6) is 0 Å². The average molecular weight is 287 g/mol. The largest absolute Gasteiger partial charge is 0.444 e. The van der Waals surface area contributed by atoms with Crippen LogP contribution in [0.3, 0.4) is 0 Å². The van der Waals surface area contributed by atoms with Gasteiger partial charge in [-0.1, -0.05) is 42.2 Å². The van der Waals surface area contributed by atoms with Crippen LogP contribution in [0.2, 0.25) is 0 Å². The number of nitrogens with one attached hydrogen (secondary N) is 1. The number of ether oxygens (including phenoxy) is 1. The van der Waals surface area contributed by atoms with E-state index in [9.17, 15) is 4.79 Å². The highest BCUT2D eigenvalue weighted by molar-refractivity contribution is 5.69. The SMILES string of the molecule is CC(C)(C)C#CC(NC(=O)OC(C)(C)C)c1ccccc1. The van der Waals surface area contributed by atoms with E-state index in [0.717, 1.165) is 5.56 Å². The van der Waals surface area contributed by atoms with E-state index in [4.69, 9.17) is 4.74 Å². The Balaban J connectivity index is 2.93. The van der Waals surface area contributed by atoms with Gasteiger partial charge in [-0.3, -0.25) is 0 Å². The molecule has 0 aliphatic rings. The lowest BCUT2D eigenvalue weighted by atomic mass is 9.96. The highest BCUT2D eigenvalue weighted by Crippen LogP contribution is 2.16. The fraction of sp³-hybridized carbons (Fsp3) is 0.500. The Morgan fingerprint density at radius 1 is 1.10 bits per heavy atom. The van der Waals surface area contributed by atoms with Crippen LogP contribution in [0, 0.1) is 17.3 Å². The van der Waals surface area contributed by atoms with Gasteiger partial charge in [-0.2, -0.15) is 0 Å². The predicted molar refractivity (Wildman–Crippen MR) is 85.8 cm³/mol. The zero-order valence-electron chi connectivity index (χ0n) is 13.8. The lowest BCUT2D eigenvalue weighted by Gasteiger charge is -2.22. The molecule has 1 aromatic carbocycles. The molecule has 0 fully saturated rings. The lowest BCUT2D eigenvalue weighted by molar-refractivity contribution is 0.0515. The Kier molecular flexibility index (Phi) is 5.43. The fourth-order valence-electron chi connectivity index (χ4n) is 1.56. The average Bonchev–Trinajstić information content (AvgIpc) is 2.32. The monoisotopic (exact) mass is 287 g/mol. The molecule has 0 aromatic heterocycles. The lowest BCUT2D eigenvalue weighted by Crippen LogP contribution is -2.34. The molecular formula is C18H25NO2. The third kappa shape index (κ3) is 7.41. The van der Waals surface area contributed by atoms with E-state index in [0.29, 0.717) is 0 Å². The minimum Gasteiger partial charge on any atom is -0.444 e. The first-order valence-corrected chi connectivity index (χ1v) is 7.14. The van der Waals surface area contributed by atoms with Crippen molar-refractivity contribution in [2.24, 2.45) is 5.41 Å². The molecule has 1 unspecified atom stereocenters. The molecule has 114 valence electrons. The topological polar surface area (TPSA) is 38.3 Å². The molecule has 0 spiro atoms. The summed E-state index contributed by atoms with van der Waals surface area (Å²) in [6.07, 6.45) is -0.459. The first-order chi connectivity index (χ1) is 9.57. The first-order valence-electron chi connectivity index (χ1n) is 7.14. The van der Waals surface area contributed by atoms with Gasteiger partial charge in [0.2, 0.25) is 0 Å². The molecule has 0 heterocycles. The molecule has 1 aromatic rings. The highest BCUT2D eigenvalue weighted by Gasteiger charge is 2.19. The Labute approximate surface area is 128 Å². The van der Waals surface area contributed by atoms with Crippen LogP contribution in [0.4, 0.5) is 4.79 Å². The molecule has 1 rings (SSSR count). The van der Waals surface area contributed by atoms with E-state index in [1.807, 2.05) is 71.9 Å². The smallest absolute Gasteiger partial charge is 0.408 e. The van der Waals surface area contributed by atoms with Crippen molar-refractivity contribution in [2.45, 2.75) is 53.2 Å². The van der Waals surface area contributed by atoms with Crippen LogP contribution < -0.4 is 5.32 Å². The minimum absolute atomic E-state index is 0.122. The summed E-state index contributed by atoms with van der Waals surface area (Å²) in [5.74, 6) is 6.30. The number of rotatable bonds is 2. The summed E-state index contributed by atoms with van der Waals surface area (Å²) in [6, 6.07) is 9.31. The Morgan fingerprint density at radius 2 is 1.67 bits per heavy atom. The van der Waals surface area contributed by atoms with Gasteiger partial charge in [0.15, 0.2) is 0 Å². The van der Waals surface area contributed by atoms with Gasteiger partial charge in [-0.05, 0) is 47.1 Å². The zero-order chi connectivity index (χ0) is 16.1. The van der Waals surface area contributed by atoms with E-state index in [-0.39, 0.29) is 11.5 Å². The van der Waals surface area contributed by atoms with Crippen molar-refractivity contribution in [3.05, 3.63) is 35.9 Å². The molecule has 0 saturated heterocycles. The molecule has 1 amide bonds. The van der Waals surface area contributed by atoms with Crippen molar-refractivity contribution >= 4 is 6.09 Å². The third-order valence-corrected chi connectivity index (χ3v) is 2.39. The van der Waals surface area contributed by atoms with Crippen LogP contribution in [0.1, 0.15) is 53.1 Å². The molecule has 0 aliphatic heterocycles. The normalized spacial score (nSPS) is 12.9. The zero-order valence-corrected chi connectivity index (χ0v) is 13.8. The van der Waals surface area contributed by atoms with Crippen LogP contribution in [-0.2, 0) is 4.74 Å². The van der Waals surface area contributed by atoms with Crippen molar-refractivity contribution in [3.63, 3.8) is 0 Å². The van der Waals surface area contributed by atoms with Crippen LogP contribution in [0.15, 0.2) is 30.3 Å². The highest BCUT2D eigenvalue weighted by atomic mass is 16.6. The summed E-state index contributed by atoms with van der Waals surface area (Å²) in [7, 11) is 0. The van der Waals surface area contributed by atoms with Gasteiger partial charge in [0, 0.05) is 5.41 Å². The number of alkyl carbamates (subject to hydrolysis) is 1. The van der Waals surface area contributed by atoms with Gasteiger partial charge >= 0.3 is 6.09 Å². The minimum atomic E-state index is -0.525. The quantitative estimate of drug-likeness (QED) is 0.823. The number of hydrogen-bond acceptors (Lipinski definition) is 2. The number of amides is 1. The number of benzene rings is 1. The number of hydrogen-bond donors (Lipinski definition) is 1. The second kappa shape index (κ2) is 6.67. The molecular weight excluding hydrogens is 262 g/mol. The van der Waals surface area contributed by atoms with Gasteiger partial charge in [0.05, 0.1) is 0 Å². The van der Waals surface area contributed by atoms with Gasteiger partial charge in [-0.15, -0.1) is 0 Å². The van der Waals surface area contributed by atoms with E-state index < -0.39 is 11.7 Å². The molecule has 0 bridgehead atoms. The number of carbonyl (C=O) groups excluding carboxylic acids is 1. The molecule has 1 N–H and O–H groups in total. The standard InChI is InChI=1S/C18H25NO2/c1-17(2,3)13-12-15(14-10-8-7-9-11-14)19-16(20)21-18(4,5)6/h7-11,15H,1-6H3,(H,19,20). The molecule has 0 radical (unpaired) electrons. The van der Waals surface area contributed by atoms with Crippen molar-refractivity contribution in [1.82, 2.24) is 5.32 Å². The van der Waals surface area contributed by atoms with Crippen molar-refractivity contribution < 1.29 is 9.53 Å². The molecule has 21 heavy (non-hydrogen) atoms. The first kappa shape index (κ1) is 17.1. The third-order valence-electron chi connectivity index (χ3n) is 2.39. The molecule has 3 heteroatoms. The summed E-state index contributed by atoms with van der Waals surface area (Å²) in [4.78, 5) is 12.0. The van der Waals surface area contributed by atoms with E-state index >= 15 is 0 Å². The molecule has 1 atom stereocenters. The van der Waals surface area contributed by atoms with Crippen LogP contribution in [-0.4, -0.2) is 11.7 Å². The number of carbonyl (C=O) groups is 1. The van der Waals surface area contributed by atoms with E-state index in [2.05, 4.69) is 17.2 Å². The molecule has 0 saturated carbocycles. The van der Waals surface area contributed by atoms with Crippen LogP contribution >= 0.6 is 0 Å².